The highest BCUT2D eigenvalue weighted by atomic mass is 16.5. The second-order valence-electron chi connectivity index (χ2n) is 5.76. The molecule has 4 heteroatoms. The molecule has 0 unspecified atom stereocenters. The lowest BCUT2D eigenvalue weighted by molar-refractivity contribution is -0.136. The number of carbonyl (C=O) groups is 2. The molecule has 1 aromatic rings. The predicted octanol–water partition coefficient (Wildman–Crippen LogP) is 3.48. The Hall–Kier alpha value is -1.84. The third kappa shape index (κ3) is 4.59. The van der Waals surface area contributed by atoms with Crippen LogP contribution in [-0.2, 0) is 11.2 Å². The van der Waals surface area contributed by atoms with E-state index in [1.165, 1.54) is 39.0 Å². The minimum atomic E-state index is -0.918. The number of hydrogen-bond acceptors (Lipinski definition) is 3. The van der Waals surface area contributed by atoms with Crippen LogP contribution in [-0.4, -0.2) is 23.5 Å². The number of rotatable bonds is 6. The Balaban J connectivity index is 2.08. The predicted molar refractivity (Wildman–Crippen MR) is 79.9 cm³/mol. The summed E-state index contributed by atoms with van der Waals surface area (Å²) < 4.78 is 5.84. The zero-order valence-corrected chi connectivity index (χ0v) is 12.4. The Morgan fingerprint density at radius 3 is 2.57 bits per heavy atom. The van der Waals surface area contributed by atoms with Crippen LogP contribution >= 0.6 is 0 Å². The Labute approximate surface area is 125 Å². The number of carboxylic acids is 1. The monoisotopic (exact) mass is 290 g/mol. The molecule has 4 nitrogen and oxygen atoms in total. The average molecular weight is 290 g/mol. The van der Waals surface area contributed by atoms with Crippen molar-refractivity contribution in [1.82, 2.24) is 0 Å². The van der Waals surface area contributed by atoms with Gasteiger partial charge in [-0.3, -0.25) is 9.59 Å². The quantitative estimate of drug-likeness (QED) is 0.815. The van der Waals surface area contributed by atoms with Crippen molar-refractivity contribution in [3.05, 3.63) is 29.3 Å². The third-order valence-corrected chi connectivity index (χ3v) is 4.01. The van der Waals surface area contributed by atoms with E-state index in [-0.39, 0.29) is 12.2 Å². The summed E-state index contributed by atoms with van der Waals surface area (Å²) in [5.41, 5.74) is 1.10. The number of aliphatic carboxylic acids is 1. The minimum Gasteiger partial charge on any atom is -0.493 e. The van der Waals surface area contributed by atoms with Crippen molar-refractivity contribution in [3.63, 3.8) is 0 Å². The fourth-order valence-corrected chi connectivity index (χ4v) is 2.80. The first-order valence-electron chi connectivity index (χ1n) is 7.54. The van der Waals surface area contributed by atoms with Gasteiger partial charge in [0.05, 0.1) is 13.0 Å². The molecule has 1 saturated carbocycles. The maximum absolute atomic E-state index is 11.4. The van der Waals surface area contributed by atoms with Gasteiger partial charge in [0.1, 0.15) is 5.75 Å². The first-order valence-corrected chi connectivity index (χ1v) is 7.54. The van der Waals surface area contributed by atoms with Gasteiger partial charge in [-0.25, -0.2) is 0 Å². The van der Waals surface area contributed by atoms with Crippen LogP contribution in [0.5, 0.6) is 5.75 Å². The zero-order valence-electron chi connectivity index (χ0n) is 12.4. The second-order valence-corrected chi connectivity index (χ2v) is 5.76. The van der Waals surface area contributed by atoms with Crippen molar-refractivity contribution >= 4 is 11.8 Å². The van der Waals surface area contributed by atoms with Gasteiger partial charge in [0.2, 0.25) is 0 Å². The van der Waals surface area contributed by atoms with Gasteiger partial charge >= 0.3 is 5.97 Å². The fraction of sp³-hybridized carbons (Fsp3) is 0.529. The van der Waals surface area contributed by atoms with E-state index in [2.05, 4.69) is 0 Å². The van der Waals surface area contributed by atoms with Crippen molar-refractivity contribution in [3.8, 4) is 5.75 Å². The number of carboxylic acid groups (broad SMARTS) is 1. The summed E-state index contributed by atoms with van der Waals surface area (Å²) in [6.07, 6.45) is 6.04. The van der Waals surface area contributed by atoms with Crippen LogP contribution in [0.15, 0.2) is 18.2 Å². The molecule has 0 aromatic heterocycles. The first-order chi connectivity index (χ1) is 10.1. The molecule has 1 fully saturated rings. The van der Waals surface area contributed by atoms with Crippen molar-refractivity contribution in [2.75, 3.05) is 6.61 Å². The van der Waals surface area contributed by atoms with Gasteiger partial charge in [0.25, 0.3) is 0 Å². The molecule has 1 aliphatic rings. The van der Waals surface area contributed by atoms with Gasteiger partial charge in [-0.2, -0.15) is 0 Å². The van der Waals surface area contributed by atoms with E-state index in [1.807, 2.05) is 0 Å². The standard InChI is InChI=1S/C17H22O4/c1-12(18)14-7-8-16(15(9-14)10-17(19)20)21-11-13-5-3-2-4-6-13/h7-9,13H,2-6,10-11H2,1H3,(H,19,20). The van der Waals surface area contributed by atoms with Gasteiger partial charge in [0, 0.05) is 11.1 Å². The Bertz CT molecular complexity index is 516. The van der Waals surface area contributed by atoms with E-state index >= 15 is 0 Å². The van der Waals surface area contributed by atoms with Crippen LogP contribution in [0.3, 0.4) is 0 Å². The molecular formula is C17H22O4. The maximum Gasteiger partial charge on any atom is 0.307 e. The van der Waals surface area contributed by atoms with Crippen molar-refractivity contribution in [2.24, 2.45) is 5.92 Å². The van der Waals surface area contributed by atoms with Crippen LogP contribution in [0, 0.1) is 5.92 Å². The minimum absolute atomic E-state index is 0.0690. The largest absolute Gasteiger partial charge is 0.493 e. The van der Waals surface area contributed by atoms with Crippen LogP contribution in [0.1, 0.15) is 54.9 Å². The molecule has 1 N–H and O–H groups in total. The molecule has 0 heterocycles. The van der Waals surface area contributed by atoms with E-state index in [0.717, 1.165) is 0 Å². The van der Waals surface area contributed by atoms with Gasteiger partial charge in [-0.1, -0.05) is 19.3 Å². The lowest BCUT2D eigenvalue weighted by Crippen LogP contribution is -2.16. The molecule has 114 valence electrons. The molecule has 0 bridgehead atoms. The van der Waals surface area contributed by atoms with E-state index < -0.39 is 5.97 Å². The number of ketones is 1. The van der Waals surface area contributed by atoms with Crippen LogP contribution in [0.4, 0.5) is 0 Å². The highest BCUT2D eigenvalue weighted by Gasteiger charge is 2.16. The number of ether oxygens (including phenoxy) is 1. The fourth-order valence-electron chi connectivity index (χ4n) is 2.80. The van der Waals surface area contributed by atoms with Gasteiger partial charge in [-0.15, -0.1) is 0 Å². The molecule has 0 aliphatic heterocycles. The summed E-state index contributed by atoms with van der Waals surface area (Å²) in [6, 6.07) is 5.05. The van der Waals surface area contributed by atoms with E-state index in [1.54, 1.807) is 18.2 Å². The van der Waals surface area contributed by atoms with E-state index in [0.29, 0.717) is 29.4 Å². The molecule has 2 rings (SSSR count). The van der Waals surface area contributed by atoms with Gasteiger partial charge in [0.15, 0.2) is 5.78 Å². The SMILES string of the molecule is CC(=O)c1ccc(OCC2CCCCC2)c(CC(=O)O)c1. The smallest absolute Gasteiger partial charge is 0.307 e. The summed E-state index contributed by atoms with van der Waals surface area (Å²) in [5.74, 6) is 0.163. The number of hydrogen-bond donors (Lipinski definition) is 1. The van der Waals surface area contributed by atoms with Gasteiger partial charge in [-0.05, 0) is 43.9 Å². The number of Topliss-reactive ketones (excluding diaryl/α,β-unsaturated/α-hetero) is 1. The molecular weight excluding hydrogens is 268 g/mol. The van der Waals surface area contributed by atoms with Crippen molar-refractivity contribution < 1.29 is 19.4 Å². The van der Waals surface area contributed by atoms with Crippen molar-refractivity contribution in [1.29, 1.82) is 0 Å². The molecule has 1 aliphatic carbocycles. The summed E-state index contributed by atoms with van der Waals surface area (Å²) in [7, 11) is 0. The van der Waals surface area contributed by atoms with Gasteiger partial charge < -0.3 is 9.84 Å². The molecule has 0 amide bonds. The van der Waals surface area contributed by atoms with Crippen LogP contribution < -0.4 is 4.74 Å². The van der Waals surface area contributed by atoms with Crippen molar-refractivity contribution in [2.45, 2.75) is 45.4 Å². The third-order valence-electron chi connectivity index (χ3n) is 4.01. The highest BCUT2D eigenvalue weighted by molar-refractivity contribution is 5.94. The molecule has 21 heavy (non-hydrogen) atoms. The summed E-state index contributed by atoms with van der Waals surface area (Å²) in [6.45, 7) is 2.11. The second kappa shape index (κ2) is 7.25. The summed E-state index contributed by atoms with van der Waals surface area (Å²) in [5, 5.41) is 9.00. The molecule has 0 atom stereocenters. The Morgan fingerprint density at radius 1 is 1.24 bits per heavy atom. The average Bonchev–Trinajstić information content (AvgIpc) is 2.46. The van der Waals surface area contributed by atoms with Crippen LogP contribution in [0.2, 0.25) is 0 Å². The number of benzene rings is 1. The van der Waals surface area contributed by atoms with E-state index in [9.17, 15) is 9.59 Å². The zero-order chi connectivity index (χ0) is 15.2. The Kier molecular flexibility index (Phi) is 5.37. The highest BCUT2D eigenvalue weighted by Crippen LogP contribution is 2.27. The lowest BCUT2D eigenvalue weighted by Gasteiger charge is -2.22. The molecule has 1 aromatic carbocycles. The lowest BCUT2D eigenvalue weighted by atomic mass is 9.90. The maximum atomic E-state index is 11.4. The molecule has 0 radical (unpaired) electrons. The number of carbonyl (C=O) groups excluding carboxylic acids is 1. The summed E-state index contributed by atoms with van der Waals surface area (Å²) in [4.78, 5) is 22.4. The molecule has 0 spiro atoms. The summed E-state index contributed by atoms with van der Waals surface area (Å²) >= 11 is 0. The molecule has 0 saturated heterocycles. The first kappa shape index (κ1) is 15.5. The normalized spacial score (nSPS) is 15.7. The topological polar surface area (TPSA) is 63.6 Å². The van der Waals surface area contributed by atoms with E-state index in [4.69, 9.17) is 9.84 Å². The van der Waals surface area contributed by atoms with Crippen LogP contribution in [0.25, 0.3) is 0 Å². The Morgan fingerprint density at radius 2 is 1.95 bits per heavy atom.